The highest BCUT2D eigenvalue weighted by Crippen LogP contribution is 2.42. The van der Waals surface area contributed by atoms with Gasteiger partial charge in [-0.1, -0.05) is 42.5 Å². The number of aromatic nitrogens is 1. The monoisotopic (exact) mass is 642 g/mol. The van der Waals surface area contributed by atoms with E-state index in [2.05, 4.69) is 10.1 Å². The van der Waals surface area contributed by atoms with Crippen molar-refractivity contribution in [3.63, 3.8) is 0 Å². The summed E-state index contributed by atoms with van der Waals surface area (Å²) in [5, 5.41) is 13.3. The minimum atomic E-state index is -1.22. The van der Waals surface area contributed by atoms with E-state index in [-0.39, 0.29) is 31.3 Å². The number of carbonyl (C=O) groups excluding carboxylic acids is 3. The van der Waals surface area contributed by atoms with Crippen molar-refractivity contribution in [3.8, 4) is 33.8 Å². The van der Waals surface area contributed by atoms with Crippen molar-refractivity contribution >= 4 is 23.7 Å². The van der Waals surface area contributed by atoms with Crippen LogP contribution < -0.4 is 14.8 Å². The minimum absolute atomic E-state index is 0.150. The van der Waals surface area contributed by atoms with Crippen LogP contribution in [0.15, 0.2) is 78.9 Å². The highest BCUT2D eigenvalue weighted by molar-refractivity contribution is 6.07. The van der Waals surface area contributed by atoms with Gasteiger partial charge in [0.25, 0.3) is 5.91 Å². The van der Waals surface area contributed by atoms with E-state index in [1.165, 1.54) is 25.3 Å². The molecule has 47 heavy (non-hydrogen) atoms. The van der Waals surface area contributed by atoms with Gasteiger partial charge < -0.3 is 29.2 Å². The van der Waals surface area contributed by atoms with Gasteiger partial charge in [0.2, 0.25) is 0 Å². The summed E-state index contributed by atoms with van der Waals surface area (Å²) in [5.74, 6) is -0.686. The van der Waals surface area contributed by atoms with Crippen molar-refractivity contribution in [2.24, 2.45) is 0 Å². The molecule has 1 aromatic heterocycles. The summed E-state index contributed by atoms with van der Waals surface area (Å²) < 4.78 is 31.4. The molecule has 246 valence electrons. The number of hydrogen-bond donors (Lipinski definition) is 2. The highest BCUT2D eigenvalue weighted by Gasteiger charge is 2.29. The number of nitrogens with one attached hydrogen (secondary N) is 1. The fraction of sp³-hybridized carbons (Fsp3) is 0.270. The quantitative estimate of drug-likeness (QED) is 0.121. The summed E-state index contributed by atoms with van der Waals surface area (Å²) in [7, 11) is 4.31. The minimum Gasteiger partial charge on any atom is -0.497 e. The largest absolute Gasteiger partial charge is 0.497 e. The molecule has 2 N–H and O–H groups in total. The van der Waals surface area contributed by atoms with Crippen LogP contribution in [0, 0.1) is 5.82 Å². The Morgan fingerprint density at radius 1 is 0.894 bits per heavy atom. The molecule has 1 heterocycles. The van der Waals surface area contributed by atoms with Gasteiger partial charge in [-0.2, -0.15) is 0 Å². The number of halogens is 1. The summed E-state index contributed by atoms with van der Waals surface area (Å²) >= 11 is 0. The lowest BCUT2D eigenvalue weighted by Crippen LogP contribution is -2.27. The maximum atomic E-state index is 14.3. The summed E-state index contributed by atoms with van der Waals surface area (Å²) in [6, 6.07) is 20.4. The average Bonchev–Trinajstić information content (AvgIpc) is 3.42. The number of hydrogen-bond acceptors (Lipinski definition) is 7. The number of amides is 1. The topological polar surface area (TPSA) is 116 Å². The van der Waals surface area contributed by atoms with Crippen molar-refractivity contribution in [1.29, 1.82) is 0 Å². The standard InChI is InChI=1S/C37H39FN2O7/c1-23(2)40-31(18-16-28(41)19-29(42)20-33(43)47-5)34(25-11-14-27(38)15-12-25)35(24-9-7-6-8-10-24)36(40)37(44)39-22-26-13-17-30(45-3)21-32(26)46-4/h6-18,21,23,29,42H,19-20,22H2,1-5H3,(H,39,44)/t29-/m1/s1. The van der Waals surface area contributed by atoms with Gasteiger partial charge in [-0.15, -0.1) is 0 Å². The number of ketones is 1. The lowest BCUT2D eigenvalue weighted by Gasteiger charge is -2.17. The molecule has 0 saturated heterocycles. The molecule has 9 nitrogen and oxygen atoms in total. The zero-order valence-electron chi connectivity index (χ0n) is 27.1. The van der Waals surface area contributed by atoms with Gasteiger partial charge in [0.05, 0.1) is 39.5 Å². The molecule has 3 aromatic carbocycles. The second-order valence-corrected chi connectivity index (χ2v) is 11.1. The number of methoxy groups -OCH3 is 3. The first-order valence-corrected chi connectivity index (χ1v) is 15.1. The Kier molecular flexibility index (Phi) is 11.7. The Morgan fingerprint density at radius 2 is 1.57 bits per heavy atom. The van der Waals surface area contributed by atoms with Crippen LogP contribution in [0.25, 0.3) is 28.3 Å². The van der Waals surface area contributed by atoms with E-state index in [1.54, 1.807) is 44.6 Å². The molecule has 0 unspecified atom stereocenters. The van der Waals surface area contributed by atoms with E-state index in [1.807, 2.05) is 54.8 Å². The number of aliphatic hydroxyl groups is 1. The third-order valence-electron chi connectivity index (χ3n) is 7.60. The summed E-state index contributed by atoms with van der Waals surface area (Å²) in [4.78, 5) is 38.9. The number of nitrogens with zero attached hydrogens (tertiary/aromatic N) is 1. The molecule has 0 saturated carbocycles. The van der Waals surface area contributed by atoms with Crippen LogP contribution in [0.5, 0.6) is 11.5 Å². The van der Waals surface area contributed by atoms with Crippen molar-refractivity contribution in [3.05, 3.63) is 102 Å². The van der Waals surface area contributed by atoms with E-state index in [0.717, 1.165) is 11.1 Å². The Hall–Kier alpha value is -5.22. The molecule has 0 spiro atoms. The zero-order valence-corrected chi connectivity index (χ0v) is 27.1. The van der Waals surface area contributed by atoms with Gasteiger partial charge in [0.15, 0.2) is 5.78 Å². The van der Waals surface area contributed by atoms with Gasteiger partial charge in [0.1, 0.15) is 23.0 Å². The molecule has 1 amide bonds. The van der Waals surface area contributed by atoms with Crippen LogP contribution in [0.1, 0.15) is 54.5 Å². The molecule has 0 aliphatic heterocycles. The van der Waals surface area contributed by atoms with Crippen LogP contribution in [0.2, 0.25) is 0 Å². The molecule has 0 radical (unpaired) electrons. The van der Waals surface area contributed by atoms with Crippen molar-refractivity contribution < 1.29 is 38.1 Å². The van der Waals surface area contributed by atoms with Crippen molar-refractivity contribution in [2.75, 3.05) is 21.3 Å². The van der Waals surface area contributed by atoms with Crippen LogP contribution in [0.4, 0.5) is 4.39 Å². The molecule has 0 aliphatic rings. The van der Waals surface area contributed by atoms with Gasteiger partial charge >= 0.3 is 5.97 Å². The third-order valence-corrected chi connectivity index (χ3v) is 7.60. The maximum absolute atomic E-state index is 14.3. The van der Waals surface area contributed by atoms with E-state index in [0.29, 0.717) is 39.6 Å². The number of esters is 1. The smallest absolute Gasteiger partial charge is 0.308 e. The highest BCUT2D eigenvalue weighted by atomic mass is 19.1. The number of aliphatic hydroxyl groups excluding tert-OH is 1. The zero-order chi connectivity index (χ0) is 34.1. The first kappa shape index (κ1) is 34.6. The molecule has 4 aromatic rings. The second kappa shape index (κ2) is 15.9. The molecular weight excluding hydrogens is 603 g/mol. The van der Waals surface area contributed by atoms with Crippen LogP contribution >= 0.6 is 0 Å². The lowest BCUT2D eigenvalue weighted by atomic mass is 9.94. The Bertz CT molecular complexity index is 1740. The fourth-order valence-electron chi connectivity index (χ4n) is 5.40. The van der Waals surface area contributed by atoms with Gasteiger partial charge in [-0.3, -0.25) is 14.4 Å². The van der Waals surface area contributed by atoms with Crippen molar-refractivity contribution in [2.45, 2.75) is 45.4 Å². The predicted octanol–water partition coefficient (Wildman–Crippen LogP) is 6.39. The first-order valence-electron chi connectivity index (χ1n) is 15.1. The summed E-state index contributed by atoms with van der Waals surface area (Å²) in [6.45, 7) is 3.99. The number of benzene rings is 3. The van der Waals surface area contributed by atoms with Crippen LogP contribution in [-0.4, -0.2) is 54.8 Å². The molecule has 0 bridgehead atoms. The van der Waals surface area contributed by atoms with E-state index in [9.17, 15) is 23.9 Å². The number of ether oxygens (including phenoxy) is 3. The average molecular weight is 643 g/mol. The Morgan fingerprint density at radius 3 is 2.19 bits per heavy atom. The SMILES string of the molecule is COC(=O)C[C@H](O)CC(=O)C=Cc1c(-c2ccc(F)cc2)c(-c2ccccc2)c(C(=O)NCc2ccc(OC)cc2OC)n1C(C)C. The molecule has 10 heteroatoms. The molecule has 0 aliphatic carbocycles. The van der Waals surface area contributed by atoms with Crippen molar-refractivity contribution in [1.82, 2.24) is 9.88 Å². The summed E-state index contributed by atoms with van der Waals surface area (Å²) in [5.41, 5.74) is 4.21. The first-order chi connectivity index (χ1) is 22.6. The van der Waals surface area contributed by atoms with E-state index in [4.69, 9.17) is 9.47 Å². The lowest BCUT2D eigenvalue weighted by molar-refractivity contribution is -0.143. The maximum Gasteiger partial charge on any atom is 0.308 e. The molecule has 1 atom stereocenters. The fourth-order valence-corrected chi connectivity index (χ4v) is 5.40. The van der Waals surface area contributed by atoms with Crippen LogP contribution in [-0.2, 0) is 20.9 Å². The predicted molar refractivity (Wildman–Crippen MR) is 178 cm³/mol. The van der Waals surface area contributed by atoms with Gasteiger partial charge in [0, 0.05) is 41.8 Å². The molecular formula is C37H39FN2O7. The Labute approximate surface area is 273 Å². The number of allylic oxidation sites excluding steroid dienone is 1. The van der Waals surface area contributed by atoms with Crippen LogP contribution in [0.3, 0.4) is 0 Å². The number of rotatable bonds is 14. The Balaban J connectivity index is 1.88. The summed E-state index contributed by atoms with van der Waals surface area (Å²) in [6.07, 6.45) is 1.08. The second-order valence-electron chi connectivity index (χ2n) is 11.1. The number of carbonyl (C=O) groups is 3. The molecule has 0 fully saturated rings. The molecule has 4 rings (SSSR count). The van der Waals surface area contributed by atoms with E-state index < -0.39 is 23.7 Å². The normalized spacial score (nSPS) is 11.8. The van der Waals surface area contributed by atoms with E-state index >= 15 is 0 Å². The van der Waals surface area contributed by atoms with Gasteiger partial charge in [-0.25, -0.2) is 4.39 Å². The third kappa shape index (κ3) is 8.33. The van der Waals surface area contributed by atoms with Gasteiger partial charge in [-0.05, 0) is 61.4 Å².